The van der Waals surface area contributed by atoms with Crippen LogP contribution in [0.3, 0.4) is 0 Å². The zero-order chi connectivity index (χ0) is 13.7. The first kappa shape index (κ1) is 15.2. The minimum absolute atomic E-state index is 0.526. The third-order valence-electron chi connectivity index (χ3n) is 3.39. The standard InChI is InChI=1S/C14H28N4/c1-7-15-10-11(2)14-12(3)16-18(13(14)4)9-8-17(5)6/h11,15H,7-10H2,1-6H3. The van der Waals surface area contributed by atoms with Crippen molar-refractivity contribution in [2.24, 2.45) is 0 Å². The van der Waals surface area contributed by atoms with Crippen molar-refractivity contribution in [1.82, 2.24) is 20.0 Å². The zero-order valence-electron chi connectivity index (χ0n) is 12.7. The van der Waals surface area contributed by atoms with E-state index < -0.39 is 0 Å². The first-order chi connectivity index (χ1) is 8.47. The molecule has 1 atom stereocenters. The molecule has 0 aliphatic rings. The molecule has 0 saturated heterocycles. The molecule has 0 saturated carbocycles. The van der Waals surface area contributed by atoms with Gasteiger partial charge < -0.3 is 10.2 Å². The lowest BCUT2D eigenvalue weighted by Crippen LogP contribution is -2.21. The SMILES string of the molecule is CCNCC(C)c1c(C)nn(CCN(C)C)c1C. The minimum atomic E-state index is 0.526. The highest BCUT2D eigenvalue weighted by atomic mass is 15.3. The van der Waals surface area contributed by atoms with E-state index >= 15 is 0 Å². The van der Waals surface area contributed by atoms with Crippen LogP contribution in [0.1, 0.15) is 36.7 Å². The molecule has 0 bridgehead atoms. The predicted molar refractivity (Wildman–Crippen MR) is 77.2 cm³/mol. The molecule has 0 spiro atoms. The highest BCUT2D eigenvalue weighted by Gasteiger charge is 2.16. The molecule has 0 aromatic carbocycles. The van der Waals surface area contributed by atoms with Gasteiger partial charge >= 0.3 is 0 Å². The van der Waals surface area contributed by atoms with Gasteiger partial charge in [0.05, 0.1) is 12.2 Å². The number of likely N-dealkylation sites (N-methyl/N-ethyl adjacent to an activating group) is 2. The molecule has 1 heterocycles. The van der Waals surface area contributed by atoms with Crippen LogP contribution >= 0.6 is 0 Å². The van der Waals surface area contributed by atoms with Gasteiger partial charge in [0.2, 0.25) is 0 Å². The average Bonchev–Trinajstić information content (AvgIpc) is 2.58. The maximum absolute atomic E-state index is 4.67. The summed E-state index contributed by atoms with van der Waals surface area (Å²) in [5.41, 5.74) is 3.91. The molecule has 4 heteroatoms. The van der Waals surface area contributed by atoms with Crippen LogP contribution in [0.5, 0.6) is 0 Å². The molecule has 0 amide bonds. The lowest BCUT2D eigenvalue weighted by atomic mass is 9.99. The van der Waals surface area contributed by atoms with E-state index in [0.717, 1.165) is 26.2 Å². The Morgan fingerprint density at radius 2 is 2.00 bits per heavy atom. The molecule has 104 valence electrons. The average molecular weight is 252 g/mol. The van der Waals surface area contributed by atoms with Crippen molar-refractivity contribution in [2.45, 2.75) is 40.2 Å². The van der Waals surface area contributed by atoms with Crippen molar-refractivity contribution in [3.63, 3.8) is 0 Å². The second-order valence-corrected chi connectivity index (χ2v) is 5.32. The van der Waals surface area contributed by atoms with Gasteiger partial charge in [-0.15, -0.1) is 0 Å². The highest BCUT2D eigenvalue weighted by molar-refractivity contribution is 5.28. The van der Waals surface area contributed by atoms with Gasteiger partial charge in [0, 0.05) is 18.8 Å². The van der Waals surface area contributed by atoms with Crippen molar-refractivity contribution in [1.29, 1.82) is 0 Å². The Kier molecular flexibility index (Phi) is 5.82. The summed E-state index contributed by atoms with van der Waals surface area (Å²) in [6, 6.07) is 0. The second-order valence-electron chi connectivity index (χ2n) is 5.32. The summed E-state index contributed by atoms with van der Waals surface area (Å²) in [6.07, 6.45) is 0. The largest absolute Gasteiger partial charge is 0.316 e. The summed E-state index contributed by atoms with van der Waals surface area (Å²) in [5, 5.41) is 8.09. The van der Waals surface area contributed by atoms with Gasteiger partial charge in [0.25, 0.3) is 0 Å². The molecule has 0 radical (unpaired) electrons. The Balaban J connectivity index is 2.79. The van der Waals surface area contributed by atoms with Crippen molar-refractivity contribution in [3.8, 4) is 0 Å². The highest BCUT2D eigenvalue weighted by Crippen LogP contribution is 2.22. The topological polar surface area (TPSA) is 33.1 Å². The molecule has 1 aromatic heterocycles. The van der Waals surface area contributed by atoms with E-state index in [9.17, 15) is 0 Å². The molecule has 0 aliphatic carbocycles. The van der Waals surface area contributed by atoms with Crippen LogP contribution in [-0.2, 0) is 6.54 Å². The van der Waals surface area contributed by atoms with Crippen LogP contribution in [0.2, 0.25) is 0 Å². The normalized spacial score (nSPS) is 13.3. The maximum Gasteiger partial charge on any atom is 0.0631 e. The summed E-state index contributed by atoms with van der Waals surface area (Å²) in [4.78, 5) is 2.19. The number of aromatic nitrogens is 2. The van der Waals surface area contributed by atoms with Crippen molar-refractivity contribution >= 4 is 0 Å². The van der Waals surface area contributed by atoms with E-state index in [1.165, 1.54) is 17.0 Å². The molecular weight excluding hydrogens is 224 g/mol. The molecule has 1 rings (SSSR count). The molecule has 1 unspecified atom stereocenters. The molecule has 0 fully saturated rings. The lowest BCUT2D eigenvalue weighted by Gasteiger charge is -2.14. The van der Waals surface area contributed by atoms with Gasteiger partial charge in [-0.05, 0) is 46.0 Å². The van der Waals surface area contributed by atoms with Crippen molar-refractivity contribution in [2.75, 3.05) is 33.7 Å². The van der Waals surface area contributed by atoms with Crippen LogP contribution in [0.4, 0.5) is 0 Å². The fraction of sp³-hybridized carbons (Fsp3) is 0.786. The van der Waals surface area contributed by atoms with Crippen LogP contribution in [0.15, 0.2) is 0 Å². The van der Waals surface area contributed by atoms with Gasteiger partial charge in [0.15, 0.2) is 0 Å². The number of rotatable bonds is 7. The van der Waals surface area contributed by atoms with Gasteiger partial charge in [0.1, 0.15) is 0 Å². The predicted octanol–water partition coefficient (Wildman–Crippen LogP) is 1.77. The van der Waals surface area contributed by atoms with E-state index in [1.807, 2.05) is 0 Å². The van der Waals surface area contributed by atoms with Crippen molar-refractivity contribution in [3.05, 3.63) is 17.0 Å². The summed E-state index contributed by atoms with van der Waals surface area (Å²) >= 11 is 0. The minimum Gasteiger partial charge on any atom is -0.316 e. The van der Waals surface area contributed by atoms with E-state index in [1.54, 1.807) is 0 Å². The maximum atomic E-state index is 4.67. The zero-order valence-corrected chi connectivity index (χ0v) is 12.7. The molecule has 1 N–H and O–H groups in total. The molecular formula is C14H28N4. The third-order valence-corrected chi connectivity index (χ3v) is 3.39. The number of hydrogen-bond acceptors (Lipinski definition) is 3. The quantitative estimate of drug-likeness (QED) is 0.803. The van der Waals surface area contributed by atoms with Gasteiger partial charge in [-0.2, -0.15) is 5.10 Å². The molecule has 18 heavy (non-hydrogen) atoms. The van der Waals surface area contributed by atoms with Crippen molar-refractivity contribution < 1.29 is 0 Å². The molecule has 1 aromatic rings. The number of aryl methyl sites for hydroxylation is 1. The van der Waals surface area contributed by atoms with Crippen LogP contribution in [0.25, 0.3) is 0 Å². The van der Waals surface area contributed by atoms with Crippen LogP contribution in [-0.4, -0.2) is 48.4 Å². The Morgan fingerprint density at radius 3 is 2.56 bits per heavy atom. The molecule has 0 aliphatic heterocycles. The Bertz CT molecular complexity index is 368. The number of hydrogen-bond donors (Lipinski definition) is 1. The molecule has 4 nitrogen and oxygen atoms in total. The number of nitrogens with one attached hydrogen (secondary N) is 1. The van der Waals surface area contributed by atoms with E-state index in [4.69, 9.17) is 0 Å². The Hall–Kier alpha value is -0.870. The Labute approximate surface area is 111 Å². The van der Waals surface area contributed by atoms with Crippen LogP contribution in [0, 0.1) is 13.8 Å². The fourth-order valence-corrected chi connectivity index (χ4v) is 2.40. The summed E-state index contributed by atoms with van der Waals surface area (Å²) in [6.45, 7) is 12.8. The van der Waals surface area contributed by atoms with Gasteiger partial charge in [-0.3, -0.25) is 4.68 Å². The monoisotopic (exact) mass is 252 g/mol. The Morgan fingerprint density at radius 1 is 1.33 bits per heavy atom. The lowest BCUT2D eigenvalue weighted by molar-refractivity contribution is 0.370. The summed E-state index contributed by atoms with van der Waals surface area (Å²) < 4.78 is 2.15. The van der Waals surface area contributed by atoms with E-state index in [0.29, 0.717) is 5.92 Å². The first-order valence-corrected chi connectivity index (χ1v) is 6.86. The summed E-state index contributed by atoms with van der Waals surface area (Å²) in [5.74, 6) is 0.526. The van der Waals surface area contributed by atoms with E-state index in [2.05, 4.69) is 61.8 Å². The van der Waals surface area contributed by atoms with Gasteiger partial charge in [-0.25, -0.2) is 0 Å². The summed E-state index contributed by atoms with van der Waals surface area (Å²) in [7, 11) is 4.20. The van der Waals surface area contributed by atoms with Crippen LogP contribution < -0.4 is 5.32 Å². The fourth-order valence-electron chi connectivity index (χ4n) is 2.40. The number of nitrogens with zero attached hydrogens (tertiary/aromatic N) is 3. The first-order valence-electron chi connectivity index (χ1n) is 6.86. The van der Waals surface area contributed by atoms with Gasteiger partial charge in [-0.1, -0.05) is 13.8 Å². The second kappa shape index (κ2) is 6.90. The van der Waals surface area contributed by atoms with E-state index in [-0.39, 0.29) is 0 Å². The third kappa shape index (κ3) is 3.82. The smallest absolute Gasteiger partial charge is 0.0631 e.